The molecule has 0 saturated carbocycles. The number of rotatable bonds is 8. The maximum atomic E-state index is 4.05. The highest BCUT2D eigenvalue weighted by molar-refractivity contribution is 6.12. The number of hydrogen-bond donors (Lipinski definition) is 0. The highest BCUT2D eigenvalue weighted by Crippen LogP contribution is 2.65. The fraction of sp³-hybridized carbons (Fsp3) is 0.0847. The molecule has 0 N–H and O–H groups in total. The molecule has 62 heavy (non-hydrogen) atoms. The second-order valence-corrected chi connectivity index (χ2v) is 16.9. The Balaban J connectivity index is 1.16. The third-order valence-electron chi connectivity index (χ3n) is 13.9. The Morgan fingerprint density at radius 3 is 1.77 bits per heavy atom. The van der Waals surface area contributed by atoms with Gasteiger partial charge in [0.2, 0.25) is 0 Å². The average molecular weight is 796 g/mol. The average Bonchev–Trinajstić information content (AvgIpc) is 3.83. The van der Waals surface area contributed by atoms with Crippen molar-refractivity contribution in [2.45, 2.75) is 24.2 Å². The lowest BCUT2D eigenvalue weighted by Crippen LogP contribution is -2.40. The summed E-state index contributed by atoms with van der Waals surface area (Å²) >= 11 is 0. The summed E-state index contributed by atoms with van der Waals surface area (Å²) in [5.74, 6) is 0.436. The summed E-state index contributed by atoms with van der Waals surface area (Å²) in [4.78, 5) is 4.92. The molecule has 0 saturated heterocycles. The van der Waals surface area contributed by atoms with E-state index in [-0.39, 0.29) is 5.92 Å². The van der Waals surface area contributed by atoms with Crippen LogP contribution in [0.15, 0.2) is 219 Å². The van der Waals surface area contributed by atoms with E-state index < -0.39 is 5.41 Å². The molecule has 3 aliphatic rings. The van der Waals surface area contributed by atoms with Crippen molar-refractivity contribution in [2.75, 3.05) is 9.80 Å². The molecule has 3 atom stereocenters. The van der Waals surface area contributed by atoms with Gasteiger partial charge in [-0.25, -0.2) is 0 Å². The van der Waals surface area contributed by atoms with E-state index in [1.54, 1.807) is 0 Å². The lowest BCUT2D eigenvalue weighted by atomic mass is 9.60. The first-order chi connectivity index (χ1) is 30.7. The van der Waals surface area contributed by atoms with Crippen molar-refractivity contribution in [1.82, 2.24) is 4.57 Å². The first-order valence-corrected chi connectivity index (χ1v) is 21.8. The minimum absolute atomic E-state index is 0.130. The van der Waals surface area contributed by atoms with Crippen LogP contribution < -0.4 is 9.80 Å². The summed E-state index contributed by atoms with van der Waals surface area (Å²) in [6.45, 7) is 8.09. The van der Waals surface area contributed by atoms with Gasteiger partial charge >= 0.3 is 0 Å². The third-order valence-corrected chi connectivity index (χ3v) is 13.9. The van der Waals surface area contributed by atoms with E-state index in [9.17, 15) is 0 Å². The summed E-state index contributed by atoms with van der Waals surface area (Å²) in [6, 6.07) is 72.0. The molecular weight excluding hydrogens is 751 g/mol. The number of nitrogens with zero attached hydrogens (tertiary/aromatic N) is 3. The van der Waals surface area contributed by atoms with E-state index in [1.807, 2.05) is 12.2 Å². The van der Waals surface area contributed by atoms with Gasteiger partial charge < -0.3 is 14.4 Å². The predicted octanol–water partition coefficient (Wildman–Crippen LogP) is 15.4. The number of hydrogen-bond acceptors (Lipinski definition) is 2. The van der Waals surface area contributed by atoms with Gasteiger partial charge in [-0.2, -0.15) is 0 Å². The number of aromatic nitrogens is 1. The zero-order chi connectivity index (χ0) is 41.4. The zero-order valence-electron chi connectivity index (χ0n) is 34.5. The van der Waals surface area contributed by atoms with E-state index in [0.717, 1.165) is 46.7 Å². The SMILES string of the molecule is C=Cc1ccc(N(C2=CC3C(CC2)c2ccc(N(c4ccccc4)c4ccc(C=C)cc4)cc2C32c3ccccc3-n3c4ccccc4c4cccc2c43)c2ccccc2)cc1. The molecule has 9 aromatic rings. The van der Waals surface area contributed by atoms with Gasteiger partial charge in [0.15, 0.2) is 0 Å². The van der Waals surface area contributed by atoms with E-state index >= 15 is 0 Å². The monoisotopic (exact) mass is 795 g/mol. The van der Waals surface area contributed by atoms with Crippen molar-refractivity contribution >= 4 is 62.4 Å². The fourth-order valence-corrected chi connectivity index (χ4v) is 11.4. The Morgan fingerprint density at radius 1 is 0.500 bits per heavy atom. The van der Waals surface area contributed by atoms with Crippen LogP contribution in [-0.2, 0) is 5.41 Å². The summed E-state index contributed by atoms with van der Waals surface area (Å²) in [7, 11) is 0. The number of anilines is 5. The predicted molar refractivity (Wildman–Crippen MR) is 261 cm³/mol. The first-order valence-electron chi connectivity index (χ1n) is 21.8. The first kappa shape index (κ1) is 36.2. The molecule has 2 aliphatic carbocycles. The smallest absolute Gasteiger partial charge is 0.0585 e. The van der Waals surface area contributed by atoms with Crippen molar-refractivity contribution in [3.63, 3.8) is 0 Å². The third kappa shape index (κ3) is 5.24. The molecule has 3 nitrogen and oxygen atoms in total. The van der Waals surface area contributed by atoms with Crippen LogP contribution >= 0.6 is 0 Å². The minimum atomic E-state index is -0.494. The zero-order valence-corrected chi connectivity index (χ0v) is 34.5. The van der Waals surface area contributed by atoms with Gasteiger partial charge in [-0.15, -0.1) is 0 Å². The number of para-hydroxylation sites is 5. The maximum absolute atomic E-state index is 4.05. The lowest BCUT2D eigenvalue weighted by molar-refractivity contribution is 0.384. The summed E-state index contributed by atoms with van der Waals surface area (Å²) in [5.41, 5.74) is 18.1. The van der Waals surface area contributed by atoms with Crippen LogP contribution in [0.3, 0.4) is 0 Å². The van der Waals surface area contributed by atoms with Crippen molar-refractivity contribution < 1.29 is 0 Å². The second kappa shape index (κ2) is 14.2. The van der Waals surface area contributed by atoms with Crippen LogP contribution in [-0.4, -0.2) is 4.57 Å². The largest absolute Gasteiger partial charge is 0.315 e. The molecule has 0 bridgehead atoms. The van der Waals surface area contributed by atoms with E-state index in [1.165, 1.54) is 61.1 Å². The van der Waals surface area contributed by atoms with E-state index in [2.05, 4.69) is 228 Å². The van der Waals surface area contributed by atoms with E-state index in [4.69, 9.17) is 0 Å². The van der Waals surface area contributed by atoms with Crippen molar-refractivity contribution in [3.05, 3.63) is 252 Å². The maximum Gasteiger partial charge on any atom is 0.0585 e. The van der Waals surface area contributed by atoms with Gasteiger partial charge in [0, 0.05) is 50.8 Å². The molecular formula is C59H45N3. The molecule has 3 unspecified atom stereocenters. The van der Waals surface area contributed by atoms with Gasteiger partial charge in [-0.05, 0) is 125 Å². The molecule has 1 spiro atoms. The van der Waals surface area contributed by atoms with Gasteiger partial charge in [0.1, 0.15) is 0 Å². The Bertz CT molecular complexity index is 3230. The Hall–Kier alpha value is -7.62. The standard InChI is InChI=1S/C59H45N3/c1-3-40-26-30-44(31-27-40)60(42-16-7-5-8-17-42)46-34-36-48-49-37-35-47(61(43-18-9-6-10-19-43)45-32-28-41(4-2)29-33-45)39-55(49)59(54(48)38-46)52-22-12-14-25-57(52)62-56-24-13-11-20-50(56)51-21-15-23-53(59)58(51)62/h3-34,36,38-39,49,55H,1-2,35,37H2. The molecule has 2 heterocycles. The van der Waals surface area contributed by atoms with Gasteiger partial charge in [-0.1, -0.05) is 153 Å². The normalized spacial score (nSPS) is 18.2. The molecule has 12 rings (SSSR count). The van der Waals surface area contributed by atoms with Crippen LogP contribution in [0, 0.1) is 5.92 Å². The molecule has 296 valence electrons. The summed E-state index contributed by atoms with van der Waals surface area (Å²) in [6.07, 6.45) is 8.50. The summed E-state index contributed by atoms with van der Waals surface area (Å²) in [5, 5.41) is 2.59. The number of benzene rings is 8. The van der Waals surface area contributed by atoms with Crippen LogP contribution in [0.2, 0.25) is 0 Å². The molecule has 0 fully saturated rings. The van der Waals surface area contributed by atoms with Gasteiger partial charge in [0.05, 0.1) is 22.1 Å². The van der Waals surface area contributed by atoms with Crippen LogP contribution in [0.4, 0.5) is 28.4 Å². The van der Waals surface area contributed by atoms with Crippen LogP contribution in [0.5, 0.6) is 0 Å². The van der Waals surface area contributed by atoms with Crippen molar-refractivity contribution in [2.24, 2.45) is 5.92 Å². The Morgan fingerprint density at radius 2 is 1.06 bits per heavy atom. The quantitative estimate of drug-likeness (QED) is 0.152. The molecule has 3 heteroatoms. The lowest BCUT2D eigenvalue weighted by Gasteiger charge is -2.45. The van der Waals surface area contributed by atoms with Crippen LogP contribution in [0.25, 0.3) is 39.6 Å². The highest BCUT2D eigenvalue weighted by atomic mass is 15.2. The van der Waals surface area contributed by atoms with Gasteiger partial charge in [0.25, 0.3) is 0 Å². The Kier molecular flexibility index (Phi) is 8.33. The topological polar surface area (TPSA) is 11.4 Å². The Labute approximate surface area is 363 Å². The minimum Gasteiger partial charge on any atom is -0.315 e. The van der Waals surface area contributed by atoms with Crippen molar-refractivity contribution in [3.8, 4) is 5.69 Å². The second-order valence-electron chi connectivity index (χ2n) is 16.9. The number of allylic oxidation sites excluding steroid dienone is 2. The van der Waals surface area contributed by atoms with Crippen LogP contribution in [0.1, 0.15) is 52.1 Å². The van der Waals surface area contributed by atoms with Crippen molar-refractivity contribution in [1.29, 1.82) is 0 Å². The van der Waals surface area contributed by atoms with E-state index in [0.29, 0.717) is 5.92 Å². The molecule has 1 aliphatic heterocycles. The van der Waals surface area contributed by atoms with Gasteiger partial charge in [-0.3, -0.25) is 0 Å². The fourth-order valence-electron chi connectivity index (χ4n) is 11.4. The molecule has 0 amide bonds. The highest BCUT2D eigenvalue weighted by Gasteiger charge is 2.57. The molecule has 0 radical (unpaired) electrons. The summed E-state index contributed by atoms with van der Waals surface area (Å²) < 4.78 is 2.56. The molecule has 8 aromatic carbocycles. The molecule has 1 aromatic heterocycles. The number of fused-ring (bicyclic) bond motifs is 12.